The number of rotatable bonds is 4. The van der Waals surface area contributed by atoms with Crippen molar-refractivity contribution in [2.24, 2.45) is 0 Å². The molecule has 6 atom stereocenters. The van der Waals surface area contributed by atoms with E-state index >= 15 is 0 Å². The van der Waals surface area contributed by atoms with Crippen molar-refractivity contribution in [3.63, 3.8) is 0 Å². The summed E-state index contributed by atoms with van der Waals surface area (Å²) in [6, 6.07) is 18.0. The molecule has 2 aromatic rings. The number of methoxy groups -OCH3 is 1. The van der Waals surface area contributed by atoms with Gasteiger partial charge in [-0.15, -0.1) is 0 Å². The molecule has 28 heavy (non-hydrogen) atoms. The molecule has 2 heterocycles. The summed E-state index contributed by atoms with van der Waals surface area (Å²) in [4.78, 5) is 12.6. The van der Waals surface area contributed by atoms with Crippen LogP contribution in [0.4, 0.5) is 0 Å². The van der Waals surface area contributed by atoms with Crippen LogP contribution in [0.1, 0.15) is 22.2 Å². The van der Waals surface area contributed by atoms with Gasteiger partial charge in [0.05, 0.1) is 12.2 Å². The lowest BCUT2D eigenvalue weighted by molar-refractivity contribution is -0.357. The van der Waals surface area contributed by atoms with Crippen LogP contribution in [-0.4, -0.2) is 55.5 Å². The van der Waals surface area contributed by atoms with E-state index in [1.165, 1.54) is 7.11 Å². The Morgan fingerprint density at radius 2 is 1.71 bits per heavy atom. The third kappa shape index (κ3) is 3.80. The molecular weight excluding hydrogens is 364 g/mol. The molecule has 0 bridgehead atoms. The molecule has 0 aromatic heterocycles. The first-order chi connectivity index (χ1) is 13.7. The first-order valence-electron chi connectivity index (χ1n) is 9.11. The minimum Gasteiger partial charge on any atom is -0.453 e. The van der Waals surface area contributed by atoms with Gasteiger partial charge in [-0.2, -0.15) is 0 Å². The van der Waals surface area contributed by atoms with E-state index in [0.29, 0.717) is 5.56 Å². The van der Waals surface area contributed by atoms with Crippen molar-refractivity contribution in [1.82, 2.24) is 0 Å². The fourth-order valence-electron chi connectivity index (χ4n) is 3.44. The first-order valence-corrected chi connectivity index (χ1v) is 9.11. The number of hydrogen-bond donors (Lipinski definition) is 1. The number of hydrogen-bond acceptors (Lipinski definition) is 7. The van der Waals surface area contributed by atoms with E-state index in [-0.39, 0.29) is 6.61 Å². The molecule has 2 aliphatic rings. The van der Waals surface area contributed by atoms with Crippen molar-refractivity contribution in [3.8, 4) is 0 Å². The van der Waals surface area contributed by atoms with Crippen LogP contribution < -0.4 is 0 Å². The summed E-state index contributed by atoms with van der Waals surface area (Å²) in [5.74, 6) is -0.550. The summed E-state index contributed by atoms with van der Waals surface area (Å²) < 4.78 is 28.4. The molecule has 1 unspecified atom stereocenters. The lowest BCUT2D eigenvalue weighted by Gasteiger charge is -2.47. The van der Waals surface area contributed by atoms with Gasteiger partial charge < -0.3 is 28.8 Å². The van der Waals surface area contributed by atoms with Gasteiger partial charge in [-0.25, -0.2) is 4.79 Å². The third-order valence-electron chi connectivity index (χ3n) is 4.86. The Bertz CT molecular complexity index is 782. The van der Waals surface area contributed by atoms with Crippen LogP contribution in [0.25, 0.3) is 0 Å². The van der Waals surface area contributed by atoms with Crippen molar-refractivity contribution >= 4 is 5.97 Å². The predicted octanol–water partition coefficient (Wildman–Crippen LogP) is 2.06. The molecule has 2 aliphatic heterocycles. The molecular formula is C21H22O7. The number of benzene rings is 2. The molecule has 0 radical (unpaired) electrons. The van der Waals surface area contributed by atoms with Gasteiger partial charge in [-0.05, 0) is 12.1 Å². The monoisotopic (exact) mass is 386 g/mol. The van der Waals surface area contributed by atoms with Crippen molar-refractivity contribution in [2.45, 2.75) is 37.0 Å². The average molecular weight is 386 g/mol. The quantitative estimate of drug-likeness (QED) is 0.806. The highest BCUT2D eigenvalue weighted by atomic mass is 16.8. The van der Waals surface area contributed by atoms with Gasteiger partial charge in [0, 0.05) is 12.7 Å². The first kappa shape index (κ1) is 19.0. The van der Waals surface area contributed by atoms with Crippen molar-refractivity contribution < 1.29 is 33.6 Å². The van der Waals surface area contributed by atoms with Gasteiger partial charge in [0.1, 0.15) is 18.3 Å². The Hall–Kier alpha value is -2.29. The number of esters is 1. The van der Waals surface area contributed by atoms with E-state index in [4.69, 9.17) is 23.7 Å². The van der Waals surface area contributed by atoms with Crippen molar-refractivity contribution in [1.29, 1.82) is 0 Å². The van der Waals surface area contributed by atoms with Gasteiger partial charge in [0.15, 0.2) is 18.7 Å². The molecule has 7 nitrogen and oxygen atoms in total. The minimum absolute atomic E-state index is 0.218. The molecule has 2 aromatic carbocycles. The van der Waals surface area contributed by atoms with Crippen LogP contribution in [0.2, 0.25) is 0 Å². The number of aliphatic hydroxyl groups excluding tert-OH is 1. The van der Waals surface area contributed by atoms with E-state index in [9.17, 15) is 9.90 Å². The molecule has 0 aliphatic carbocycles. The third-order valence-corrected chi connectivity index (χ3v) is 4.86. The molecule has 2 saturated heterocycles. The predicted molar refractivity (Wildman–Crippen MR) is 97.3 cm³/mol. The Balaban J connectivity index is 1.56. The number of carbonyl (C=O) groups excluding carboxylic acids is 1. The molecule has 148 valence electrons. The maximum atomic E-state index is 12.6. The van der Waals surface area contributed by atoms with Gasteiger partial charge >= 0.3 is 5.97 Å². The normalized spacial score (nSPS) is 32.4. The van der Waals surface area contributed by atoms with Crippen LogP contribution in [0, 0.1) is 0 Å². The minimum atomic E-state index is -1.20. The molecule has 0 saturated carbocycles. The van der Waals surface area contributed by atoms with E-state index in [1.807, 2.05) is 36.4 Å². The topological polar surface area (TPSA) is 83.5 Å². The van der Waals surface area contributed by atoms with E-state index < -0.39 is 43.0 Å². The second-order valence-electron chi connectivity index (χ2n) is 6.68. The van der Waals surface area contributed by atoms with Crippen molar-refractivity contribution in [3.05, 3.63) is 71.8 Å². The molecule has 7 heteroatoms. The highest BCUT2D eigenvalue weighted by Crippen LogP contribution is 2.35. The number of aliphatic hydroxyl groups is 1. The summed E-state index contributed by atoms with van der Waals surface area (Å²) in [7, 11) is 1.42. The molecule has 0 spiro atoms. The molecule has 0 amide bonds. The largest absolute Gasteiger partial charge is 0.453 e. The Labute approximate surface area is 162 Å². The van der Waals surface area contributed by atoms with Gasteiger partial charge in [0.25, 0.3) is 0 Å². The van der Waals surface area contributed by atoms with Crippen molar-refractivity contribution in [2.75, 3.05) is 13.7 Å². The second kappa shape index (κ2) is 8.38. The lowest BCUT2D eigenvalue weighted by Crippen LogP contribution is -2.63. The van der Waals surface area contributed by atoms with Crippen LogP contribution in [-0.2, 0) is 23.7 Å². The molecule has 1 N–H and O–H groups in total. The Kier molecular flexibility index (Phi) is 5.70. The standard InChI is InChI=1S/C21H22O7/c1-24-21-16(22)18(27-19(23)13-8-4-2-5-9-13)17-15(26-21)12-25-20(28-17)14-10-6-3-7-11-14/h2-11,15-18,20-22H,12H2,1H3/t15-,16-,17+,18+,20?,21-/m0/s1. The highest BCUT2D eigenvalue weighted by Gasteiger charge is 2.51. The fourth-order valence-corrected chi connectivity index (χ4v) is 3.44. The Morgan fingerprint density at radius 3 is 2.39 bits per heavy atom. The van der Waals surface area contributed by atoms with Crippen LogP contribution in [0.5, 0.6) is 0 Å². The van der Waals surface area contributed by atoms with Crippen LogP contribution in [0.3, 0.4) is 0 Å². The highest BCUT2D eigenvalue weighted by molar-refractivity contribution is 5.89. The lowest BCUT2D eigenvalue weighted by atomic mass is 9.97. The van der Waals surface area contributed by atoms with Crippen LogP contribution >= 0.6 is 0 Å². The van der Waals surface area contributed by atoms with Gasteiger partial charge in [-0.1, -0.05) is 48.5 Å². The fraction of sp³-hybridized carbons (Fsp3) is 0.381. The zero-order valence-corrected chi connectivity index (χ0v) is 15.3. The number of ether oxygens (including phenoxy) is 5. The maximum Gasteiger partial charge on any atom is 0.338 e. The number of carbonyl (C=O) groups is 1. The zero-order chi connectivity index (χ0) is 19.5. The average Bonchev–Trinajstić information content (AvgIpc) is 2.76. The van der Waals surface area contributed by atoms with Crippen LogP contribution in [0.15, 0.2) is 60.7 Å². The smallest absolute Gasteiger partial charge is 0.338 e. The summed E-state index contributed by atoms with van der Waals surface area (Å²) in [6.07, 6.45) is -5.00. The van der Waals surface area contributed by atoms with E-state index in [1.54, 1.807) is 24.3 Å². The van der Waals surface area contributed by atoms with Gasteiger partial charge in [-0.3, -0.25) is 0 Å². The van der Waals surface area contributed by atoms with E-state index in [0.717, 1.165) is 5.56 Å². The summed E-state index contributed by atoms with van der Waals surface area (Å²) in [5.41, 5.74) is 1.22. The van der Waals surface area contributed by atoms with Gasteiger partial charge in [0.2, 0.25) is 0 Å². The second-order valence-corrected chi connectivity index (χ2v) is 6.68. The molecule has 4 rings (SSSR count). The summed E-state index contributed by atoms with van der Waals surface area (Å²) >= 11 is 0. The summed E-state index contributed by atoms with van der Waals surface area (Å²) in [5, 5.41) is 10.7. The van der Waals surface area contributed by atoms with E-state index in [2.05, 4.69) is 0 Å². The summed E-state index contributed by atoms with van der Waals surface area (Å²) in [6.45, 7) is 0.218. The molecule has 2 fully saturated rings. The Morgan fingerprint density at radius 1 is 1.04 bits per heavy atom. The zero-order valence-electron chi connectivity index (χ0n) is 15.3. The maximum absolute atomic E-state index is 12.6. The number of fused-ring (bicyclic) bond motifs is 1. The SMILES string of the molecule is CO[C@H]1O[C@H]2COC(c3ccccc3)O[C@H]2[C@H](OC(=O)c2ccccc2)[C@@H]1O.